The molecule has 0 aliphatic carbocycles. The molecule has 0 saturated carbocycles. The van der Waals surface area contributed by atoms with Gasteiger partial charge in [0.1, 0.15) is 0 Å². The highest BCUT2D eigenvalue weighted by Crippen LogP contribution is 2.17. The minimum Gasteiger partial charge on any atom is -0.361 e. The van der Waals surface area contributed by atoms with Crippen LogP contribution in [-0.4, -0.2) is 40.7 Å². The normalized spacial score (nSPS) is 13.8. The maximum atomic E-state index is 12.8. The van der Waals surface area contributed by atoms with E-state index >= 15 is 0 Å². The SMILES string of the molecule is O=C(c1ccc(Br)cc1)N1CCCN1C(=S)NCCc1ccc(Cl)cc1. The number of hydrogen-bond donors (Lipinski definition) is 1. The molecule has 0 aromatic heterocycles. The van der Waals surface area contributed by atoms with Crippen LogP contribution in [0.4, 0.5) is 0 Å². The van der Waals surface area contributed by atoms with E-state index in [9.17, 15) is 4.79 Å². The van der Waals surface area contributed by atoms with Gasteiger partial charge in [0, 0.05) is 34.7 Å². The number of amides is 1. The smallest absolute Gasteiger partial charge is 0.272 e. The summed E-state index contributed by atoms with van der Waals surface area (Å²) in [4.78, 5) is 12.8. The van der Waals surface area contributed by atoms with E-state index in [1.54, 1.807) is 5.01 Å². The van der Waals surface area contributed by atoms with Crippen molar-refractivity contribution in [3.63, 3.8) is 0 Å². The van der Waals surface area contributed by atoms with Crippen molar-refractivity contribution < 1.29 is 4.79 Å². The molecule has 2 aromatic rings. The average Bonchev–Trinajstić information content (AvgIpc) is 3.13. The van der Waals surface area contributed by atoms with Crippen LogP contribution in [0.1, 0.15) is 22.3 Å². The van der Waals surface area contributed by atoms with Crippen LogP contribution in [0.15, 0.2) is 53.0 Å². The molecule has 4 nitrogen and oxygen atoms in total. The van der Waals surface area contributed by atoms with Gasteiger partial charge in [-0.25, -0.2) is 5.01 Å². The molecule has 3 rings (SSSR count). The molecule has 0 spiro atoms. The Balaban J connectivity index is 1.56. The van der Waals surface area contributed by atoms with Crippen LogP contribution >= 0.6 is 39.7 Å². The van der Waals surface area contributed by atoms with Crippen LogP contribution < -0.4 is 5.32 Å². The summed E-state index contributed by atoms with van der Waals surface area (Å²) < 4.78 is 0.951. The Morgan fingerprint density at radius 1 is 1.08 bits per heavy atom. The minimum absolute atomic E-state index is 0.0307. The maximum absolute atomic E-state index is 12.8. The minimum atomic E-state index is -0.0307. The van der Waals surface area contributed by atoms with Gasteiger partial charge in [-0.1, -0.05) is 39.7 Å². The first-order chi connectivity index (χ1) is 12.5. The molecule has 1 N–H and O–H groups in total. The Morgan fingerprint density at radius 2 is 1.73 bits per heavy atom. The van der Waals surface area contributed by atoms with Crippen LogP contribution in [0, 0.1) is 0 Å². The number of carbonyl (C=O) groups excluding carboxylic acids is 1. The van der Waals surface area contributed by atoms with Gasteiger partial charge < -0.3 is 5.32 Å². The second-order valence-corrected chi connectivity index (χ2v) is 7.76. The van der Waals surface area contributed by atoms with Gasteiger partial charge in [-0.15, -0.1) is 0 Å². The predicted octanol–water partition coefficient (Wildman–Crippen LogP) is 4.28. The first-order valence-electron chi connectivity index (χ1n) is 8.42. The van der Waals surface area contributed by atoms with Gasteiger partial charge in [-0.3, -0.25) is 9.80 Å². The first-order valence-corrected chi connectivity index (χ1v) is 9.99. The third kappa shape index (κ3) is 4.75. The third-order valence-corrected chi connectivity index (χ3v) is 5.33. The number of halogens is 2. The molecule has 0 radical (unpaired) electrons. The number of rotatable bonds is 4. The van der Waals surface area contributed by atoms with Crippen LogP contribution in [0.25, 0.3) is 0 Å². The Morgan fingerprint density at radius 3 is 2.42 bits per heavy atom. The van der Waals surface area contributed by atoms with Gasteiger partial charge in [0.25, 0.3) is 5.91 Å². The van der Waals surface area contributed by atoms with Crippen molar-refractivity contribution >= 4 is 50.8 Å². The second-order valence-electron chi connectivity index (χ2n) is 6.02. The first kappa shape index (κ1) is 19.1. The molecular formula is C19H19BrClN3OS. The average molecular weight is 453 g/mol. The maximum Gasteiger partial charge on any atom is 0.272 e. The number of benzene rings is 2. The Hall–Kier alpha value is -1.63. The number of nitrogens with one attached hydrogen (secondary N) is 1. The Bertz CT molecular complexity index is 782. The lowest BCUT2D eigenvalue weighted by Crippen LogP contribution is -2.49. The van der Waals surface area contributed by atoms with Crippen molar-refractivity contribution in [2.24, 2.45) is 0 Å². The summed E-state index contributed by atoms with van der Waals surface area (Å²) in [6.45, 7) is 2.13. The predicted molar refractivity (Wildman–Crippen MR) is 112 cm³/mol. The molecule has 0 unspecified atom stereocenters. The topological polar surface area (TPSA) is 35.6 Å². The molecule has 1 fully saturated rings. The summed E-state index contributed by atoms with van der Waals surface area (Å²) in [5.41, 5.74) is 1.85. The highest BCUT2D eigenvalue weighted by molar-refractivity contribution is 9.10. The van der Waals surface area contributed by atoms with Crippen molar-refractivity contribution in [3.8, 4) is 0 Å². The lowest BCUT2D eigenvalue weighted by Gasteiger charge is -2.30. The van der Waals surface area contributed by atoms with Crippen molar-refractivity contribution in [1.82, 2.24) is 15.3 Å². The lowest BCUT2D eigenvalue weighted by molar-refractivity contribution is 0.0492. The van der Waals surface area contributed by atoms with Crippen molar-refractivity contribution in [2.75, 3.05) is 19.6 Å². The van der Waals surface area contributed by atoms with Crippen molar-refractivity contribution in [2.45, 2.75) is 12.8 Å². The summed E-state index contributed by atoms with van der Waals surface area (Å²) >= 11 is 14.8. The Kier molecular flexibility index (Phi) is 6.51. The lowest BCUT2D eigenvalue weighted by atomic mass is 10.1. The van der Waals surface area contributed by atoms with E-state index in [0.717, 1.165) is 28.9 Å². The molecule has 7 heteroatoms. The standard InChI is InChI=1S/C19H19BrClN3OS/c20-16-6-4-15(5-7-16)18(25)23-12-1-13-24(23)19(26)22-11-10-14-2-8-17(21)9-3-14/h2-9H,1,10-13H2,(H,22,26). The highest BCUT2D eigenvalue weighted by atomic mass is 79.9. The number of hydrogen-bond acceptors (Lipinski definition) is 2. The van der Waals surface area contributed by atoms with E-state index < -0.39 is 0 Å². The van der Waals surface area contributed by atoms with Crippen LogP contribution in [0.3, 0.4) is 0 Å². The third-order valence-electron chi connectivity index (χ3n) is 4.19. The van der Waals surface area contributed by atoms with Gasteiger partial charge in [0.15, 0.2) is 5.11 Å². The molecule has 2 aromatic carbocycles. The fraction of sp³-hybridized carbons (Fsp3) is 0.263. The zero-order valence-corrected chi connectivity index (χ0v) is 17.3. The van der Waals surface area contributed by atoms with E-state index in [1.807, 2.05) is 53.5 Å². The molecule has 0 bridgehead atoms. The number of hydrazine groups is 1. The second kappa shape index (κ2) is 8.84. The molecule has 26 heavy (non-hydrogen) atoms. The summed E-state index contributed by atoms with van der Waals surface area (Å²) in [5.74, 6) is -0.0307. The molecule has 136 valence electrons. The van der Waals surface area contributed by atoms with Gasteiger partial charge in [-0.2, -0.15) is 0 Å². The molecule has 1 amide bonds. The van der Waals surface area contributed by atoms with Crippen molar-refractivity contribution in [3.05, 3.63) is 69.2 Å². The van der Waals surface area contributed by atoms with E-state index in [-0.39, 0.29) is 5.91 Å². The van der Waals surface area contributed by atoms with Gasteiger partial charge >= 0.3 is 0 Å². The molecule has 1 heterocycles. The fourth-order valence-corrected chi connectivity index (χ4v) is 3.51. The number of thiocarbonyl (C=S) groups is 1. The van der Waals surface area contributed by atoms with Crippen LogP contribution in [-0.2, 0) is 6.42 Å². The molecule has 1 aliphatic rings. The molecular weight excluding hydrogens is 434 g/mol. The van der Waals surface area contributed by atoms with Gasteiger partial charge in [-0.05, 0) is 67.0 Å². The quantitative estimate of drug-likeness (QED) is 0.702. The largest absolute Gasteiger partial charge is 0.361 e. The monoisotopic (exact) mass is 451 g/mol. The zero-order chi connectivity index (χ0) is 18.5. The summed E-state index contributed by atoms with van der Waals surface area (Å²) in [6.07, 6.45) is 1.74. The van der Waals surface area contributed by atoms with E-state index in [0.29, 0.717) is 23.8 Å². The Labute approximate surface area is 172 Å². The molecule has 1 saturated heterocycles. The summed E-state index contributed by atoms with van der Waals surface area (Å²) in [6, 6.07) is 15.2. The molecule has 1 aliphatic heterocycles. The molecule has 0 atom stereocenters. The zero-order valence-electron chi connectivity index (χ0n) is 14.1. The van der Waals surface area contributed by atoms with E-state index in [4.69, 9.17) is 23.8 Å². The van der Waals surface area contributed by atoms with Crippen LogP contribution in [0.5, 0.6) is 0 Å². The number of nitrogens with zero attached hydrogens (tertiary/aromatic N) is 2. The summed E-state index contributed by atoms with van der Waals surface area (Å²) in [5, 5.41) is 8.16. The van der Waals surface area contributed by atoms with E-state index in [1.165, 1.54) is 5.56 Å². The fourth-order valence-electron chi connectivity index (χ4n) is 2.83. The van der Waals surface area contributed by atoms with E-state index in [2.05, 4.69) is 21.2 Å². The highest BCUT2D eigenvalue weighted by Gasteiger charge is 2.29. The van der Waals surface area contributed by atoms with Gasteiger partial charge in [0.05, 0.1) is 0 Å². The van der Waals surface area contributed by atoms with Gasteiger partial charge in [0.2, 0.25) is 0 Å². The number of carbonyl (C=O) groups is 1. The summed E-state index contributed by atoms with van der Waals surface area (Å²) in [7, 11) is 0. The van der Waals surface area contributed by atoms with Crippen molar-refractivity contribution in [1.29, 1.82) is 0 Å². The van der Waals surface area contributed by atoms with Crippen LogP contribution in [0.2, 0.25) is 5.02 Å².